The third-order valence-corrected chi connectivity index (χ3v) is 1.90. The molecule has 1 aliphatic rings. The van der Waals surface area contributed by atoms with Crippen molar-refractivity contribution in [3.05, 3.63) is 16.0 Å². The summed E-state index contributed by atoms with van der Waals surface area (Å²) in [6.07, 6.45) is 3.41. The van der Waals surface area contributed by atoms with Crippen LogP contribution in [0.5, 0.6) is 0 Å². The minimum atomic E-state index is 0. The van der Waals surface area contributed by atoms with Gasteiger partial charge in [-0.2, -0.15) is 39.3 Å². The van der Waals surface area contributed by atoms with Gasteiger partial charge in [0.25, 0.3) is 0 Å². The van der Waals surface area contributed by atoms with Crippen molar-refractivity contribution in [3.8, 4) is 0 Å². The third-order valence-electron chi connectivity index (χ3n) is 1.90. The minimum absolute atomic E-state index is 0. The first-order chi connectivity index (χ1) is 6.00. The fraction of sp³-hybridized carbons (Fsp3) is 1.00. The molecule has 1 fully saturated rings. The first-order valence-corrected chi connectivity index (χ1v) is 4.90. The quantitative estimate of drug-likeness (QED) is 0.575. The molecule has 1 heterocycles. The molecule has 1 rings (SSSR count). The van der Waals surface area contributed by atoms with E-state index in [4.69, 9.17) is 0 Å². The summed E-state index contributed by atoms with van der Waals surface area (Å²) in [5.74, 6) is 0. The Morgan fingerprint density at radius 3 is 0.923 bits per heavy atom. The topological polar surface area (TPSA) is 42.3 Å². The Morgan fingerprint density at radius 1 is 0.462 bits per heavy atom. The van der Waals surface area contributed by atoms with Crippen molar-refractivity contribution in [2.75, 3.05) is 39.3 Å². The smallest absolute Gasteiger partial charge is 0.662 e. The van der Waals surface area contributed by atoms with Crippen LogP contribution in [0.3, 0.4) is 0 Å². The largest absolute Gasteiger partial charge is 2.00 e. The van der Waals surface area contributed by atoms with Crippen LogP contribution in [0.4, 0.5) is 0 Å². The van der Waals surface area contributed by atoms with E-state index in [-0.39, 0.29) is 17.1 Å². The molecule has 1 aliphatic heterocycles. The molecule has 0 spiro atoms. The van der Waals surface area contributed by atoms with Crippen molar-refractivity contribution in [2.45, 2.75) is 19.3 Å². The fourth-order valence-corrected chi connectivity index (χ4v) is 1.22. The molecule has 0 bridgehead atoms. The molecule has 4 heteroatoms. The number of hydrogen-bond donors (Lipinski definition) is 0. The summed E-state index contributed by atoms with van der Waals surface area (Å²) in [4.78, 5) is 0. The van der Waals surface area contributed by atoms with Gasteiger partial charge in [-0.25, -0.2) is 0 Å². The zero-order valence-electron chi connectivity index (χ0n) is 8.01. The summed E-state index contributed by atoms with van der Waals surface area (Å²) in [6, 6.07) is 0. The van der Waals surface area contributed by atoms with Crippen molar-refractivity contribution in [2.24, 2.45) is 0 Å². The third kappa shape index (κ3) is 8.72. The summed E-state index contributed by atoms with van der Waals surface area (Å²) < 4.78 is 0. The van der Waals surface area contributed by atoms with Crippen molar-refractivity contribution < 1.29 is 17.1 Å². The van der Waals surface area contributed by atoms with E-state index in [2.05, 4.69) is 16.0 Å². The van der Waals surface area contributed by atoms with Gasteiger partial charge >= 0.3 is 17.1 Å². The van der Waals surface area contributed by atoms with Crippen LogP contribution in [-0.2, 0) is 17.1 Å². The Labute approximate surface area is 91.9 Å². The van der Waals surface area contributed by atoms with Crippen LogP contribution >= 0.6 is 0 Å². The molecule has 1 saturated heterocycles. The number of nitrogens with zero attached hydrogens (tertiary/aromatic N) is 3. The van der Waals surface area contributed by atoms with Crippen LogP contribution in [0.2, 0.25) is 0 Å². The van der Waals surface area contributed by atoms with Gasteiger partial charge in [-0.1, -0.05) is 19.3 Å². The Hall–Kier alpha value is 0.399. The second-order valence-corrected chi connectivity index (χ2v) is 3.07. The Bertz CT molecular complexity index is 57.8. The standard InChI is InChI=1S/C9H18N3.Cu/c1-4-10-6-2-8-12-9-3-7-11-5-1;/h1-9H2;/q-3;+2. The normalized spacial score (nSPS) is 22.2. The molecule has 0 N–H and O–H groups in total. The first kappa shape index (κ1) is 13.4. The van der Waals surface area contributed by atoms with E-state index in [0.29, 0.717) is 0 Å². The van der Waals surface area contributed by atoms with Crippen LogP contribution in [0.25, 0.3) is 16.0 Å². The minimum Gasteiger partial charge on any atom is -0.662 e. The van der Waals surface area contributed by atoms with Gasteiger partial charge in [0.1, 0.15) is 0 Å². The molecule has 0 aliphatic carbocycles. The average molecular weight is 232 g/mol. The molecule has 0 saturated carbocycles. The molecule has 0 amide bonds. The van der Waals surface area contributed by atoms with E-state index in [1.165, 1.54) is 0 Å². The van der Waals surface area contributed by atoms with E-state index in [1.807, 2.05) is 0 Å². The predicted octanol–water partition coefficient (Wildman–Crippen LogP) is 2.29. The van der Waals surface area contributed by atoms with Gasteiger partial charge in [-0.3, -0.25) is 0 Å². The van der Waals surface area contributed by atoms with Crippen molar-refractivity contribution in [1.82, 2.24) is 0 Å². The molecule has 0 aromatic heterocycles. The van der Waals surface area contributed by atoms with E-state index >= 15 is 0 Å². The van der Waals surface area contributed by atoms with Crippen LogP contribution < -0.4 is 0 Å². The van der Waals surface area contributed by atoms with E-state index in [0.717, 1.165) is 58.5 Å². The van der Waals surface area contributed by atoms with Gasteiger partial charge < -0.3 is 16.0 Å². The van der Waals surface area contributed by atoms with Crippen molar-refractivity contribution in [3.63, 3.8) is 0 Å². The van der Waals surface area contributed by atoms with Crippen molar-refractivity contribution in [1.29, 1.82) is 0 Å². The van der Waals surface area contributed by atoms with Gasteiger partial charge in [-0.15, -0.1) is 0 Å². The summed E-state index contributed by atoms with van der Waals surface area (Å²) in [7, 11) is 0. The molecule has 13 heavy (non-hydrogen) atoms. The fourth-order valence-electron chi connectivity index (χ4n) is 1.22. The zero-order valence-corrected chi connectivity index (χ0v) is 8.95. The molecule has 3 nitrogen and oxygen atoms in total. The summed E-state index contributed by atoms with van der Waals surface area (Å²) in [6.45, 7) is 5.94. The first-order valence-electron chi connectivity index (χ1n) is 4.90. The molecule has 81 valence electrons. The van der Waals surface area contributed by atoms with Crippen LogP contribution in [-0.4, -0.2) is 39.3 Å². The molecule has 1 radical (unpaired) electrons. The van der Waals surface area contributed by atoms with Gasteiger partial charge in [0.2, 0.25) is 0 Å². The molecule has 0 aromatic carbocycles. The number of rotatable bonds is 0. The van der Waals surface area contributed by atoms with Gasteiger partial charge in [0.15, 0.2) is 0 Å². The van der Waals surface area contributed by atoms with E-state index in [1.54, 1.807) is 0 Å². The Kier molecular flexibility index (Phi) is 10.8. The summed E-state index contributed by atoms with van der Waals surface area (Å²) >= 11 is 0. The molecule has 0 unspecified atom stereocenters. The van der Waals surface area contributed by atoms with Crippen LogP contribution in [0.15, 0.2) is 0 Å². The second-order valence-electron chi connectivity index (χ2n) is 3.07. The summed E-state index contributed by atoms with van der Waals surface area (Å²) in [5.41, 5.74) is 0. The van der Waals surface area contributed by atoms with E-state index in [9.17, 15) is 0 Å². The predicted molar refractivity (Wildman–Crippen MR) is 53.1 cm³/mol. The molecule has 0 atom stereocenters. The molecular weight excluding hydrogens is 214 g/mol. The van der Waals surface area contributed by atoms with Gasteiger partial charge in [0.05, 0.1) is 0 Å². The summed E-state index contributed by atoms with van der Waals surface area (Å²) in [5, 5.41) is 13.2. The molecular formula is C9H18CuN3-. The Morgan fingerprint density at radius 2 is 0.692 bits per heavy atom. The maximum Gasteiger partial charge on any atom is 2.00 e. The average Bonchev–Trinajstić information content (AvgIpc) is 2.05. The van der Waals surface area contributed by atoms with Crippen LogP contribution in [0, 0.1) is 0 Å². The maximum atomic E-state index is 4.38. The van der Waals surface area contributed by atoms with Crippen LogP contribution in [0.1, 0.15) is 19.3 Å². The SMILES string of the molecule is C1C[N-]CCC[N-]CCC[N-]C1.[Cu+2]. The zero-order chi connectivity index (χ0) is 8.49. The monoisotopic (exact) mass is 231 g/mol. The maximum absolute atomic E-state index is 4.38. The van der Waals surface area contributed by atoms with Gasteiger partial charge in [0, 0.05) is 0 Å². The van der Waals surface area contributed by atoms with Gasteiger partial charge in [-0.05, 0) is 0 Å². The number of hydrogen-bond acceptors (Lipinski definition) is 0. The second kappa shape index (κ2) is 10.5. The van der Waals surface area contributed by atoms with Crippen molar-refractivity contribution >= 4 is 0 Å². The Balaban J connectivity index is 0.00000144. The van der Waals surface area contributed by atoms with E-state index < -0.39 is 0 Å². The molecule has 0 aromatic rings.